The van der Waals surface area contributed by atoms with Gasteiger partial charge in [-0.05, 0) is 43.7 Å². The first-order valence-corrected chi connectivity index (χ1v) is 8.16. The number of hydrogen-bond acceptors (Lipinski definition) is 3. The van der Waals surface area contributed by atoms with E-state index in [2.05, 4.69) is 20.8 Å². The van der Waals surface area contributed by atoms with Gasteiger partial charge < -0.3 is 4.90 Å². The van der Waals surface area contributed by atoms with Crippen molar-refractivity contribution in [1.82, 2.24) is 0 Å². The first-order valence-electron chi connectivity index (χ1n) is 7.37. The Balaban J connectivity index is 1.96. The lowest BCUT2D eigenvalue weighted by molar-refractivity contribution is -0.384. The predicted molar refractivity (Wildman–Crippen MR) is 83.1 cm³/mol. The number of hydrogen-bond donors (Lipinski definition) is 0. The van der Waals surface area contributed by atoms with Gasteiger partial charge in [-0.3, -0.25) is 10.1 Å². The smallest absolute Gasteiger partial charge is 0.293 e. The van der Waals surface area contributed by atoms with Crippen molar-refractivity contribution in [1.29, 1.82) is 0 Å². The van der Waals surface area contributed by atoms with Crippen molar-refractivity contribution in [2.24, 2.45) is 5.92 Å². The Morgan fingerprint density at radius 3 is 2.75 bits per heavy atom. The third-order valence-corrected chi connectivity index (χ3v) is 5.18. The highest BCUT2D eigenvalue weighted by Gasteiger charge is 2.35. The van der Waals surface area contributed by atoms with Crippen molar-refractivity contribution in [3.63, 3.8) is 0 Å². The zero-order valence-electron chi connectivity index (χ0n) is 11.4. The summed E-state index contributed by atoms with van der Waals surface area (Å²) in [7, 11) is 0. The standard InChI is InChI=1S/C15H19BrN2O2/c16-12-7-8-14(15(10-12)18(19)20)17-9-3-5-11-4-1-2-6-13(11)17/h7-8,10-11,13H,1-6,9H2/t11-,13-/m1/s1. The maximum absolute atomic E-state index is 11.3. The van der Waals surface area contributed by atoms with E-state index in [0.717, 1.165) is 29.0 Å². The molecule has 2 fully saturated rings. The molecule has 2 aliphatic rings. The van der Waals surface area contributed by atoms with Crippen molar-refractivity contribution in [2.45, 2.75) is 44.6 Å². The van der Waals surface area contributed by atoms with Gasteiger partial charge in [-0.2, -0.15) is 0 Å². The third kappa shape index (κ3) is 2.55. The first-order chi connectivity index (χ1) is 9.66. The van der Waals surface area contributed by atoms with Crippen molar-refractivity contribution < 1.29 is 4.92 Å². The van der Waals surface area contributed by atoms with Crippen LogP contribution in [0.1, 0.15) is 38.5 Å². The highest BCUT2D eigenvalue weighted by Crippen LogP contribution is 2.41. The molecular weight excluding hydrogens is 320 g/mol. The van der Waals surface area contributed by atoms with E-state index >= 15 is 0 Å². The van der Waals surface area contributed by atoms with E-state index in [4.69, 9.17) is 0 Å². The van der Waals surface area contributed by atoms with Crippen LogP contribution in [0.3, 0.4) is 0 Å². The quantitative estimate of drug-likeness (QED) is 0.588. The Hall–Kier alpha value is -1.10. The average molecular weight is 339 g/mol. The number of benzene rings is 1. The largest absolute Gasteiger partial charge is 0.363 e. The number of nitrogens with zero attached hydrogens (tertiary/aromatic N) is 2. The van der Waals surface area contributed by atoms with Crippen LogP contribution in [0, 0.1) is 16.0 Å². The number of fused-ring (bicyclic) bond motifs is 1. The van der Waals surface area contributed by atoms with Gasteiger partial charge in [0.2, 0.25) is 0 Å². The lowest BCUT2D eigenvalue weighted by atomic mass is 9.78. The van der Waals surface area contributed by atoms with Gasteiger partial charge in [-0.25, -0.2) is 0 Å². The summed E-state index contributed by atoms with van der Waals surface area (Å²) in [4.78, 5) is 13.4. The summed E-state index contributed by atoms with van der Waals surface area (Å²) in [5.74, 6) is 0.723. The number of rotatable bonds is 2. The minimum atomic E-state index is -0.257. The number of anilines is 1. The second kappa shape index (κ2) is 5.72. The summed E-state index contributed by atoms with van der Waals surface area (Å²) in [5.41, 5.74) is 1.03. The minimum Gasteiger partial charge on any atom is -0.363 e. The molecule has 5 heteroatoms. The van der Waals surface area contributed by atoms with Gasteiger partial charge in [0, 0.05) is 23.1 Å². The molecule has 2 atom stereocenters. The molecule has 108 valence electrons. The van der Waals surface area contributed by atoms with E-state index < -0.39 is 0 Å². The van der Waals surface area contributed by atoms with Crippen LogP contribution in [0.4, 0.5) is 11.4 Å². The number of nitro groups is 1. The molecule has 1 aliphatic carbocycles. The minimum absolute atomic E-state index is 0.227. The molecule has 1 aliphatic heterocycles. The van der Waals surface area contributed by atoms with Gasteiger partial charge in [-0.1, -0.05) is 28.8 Å². The van der Waals surface area contributed by atoms with E-state index in [-0.39, 0.29) is 10.6 Å². The molecule has 0 unspecified atom stereocenters. The van der Waals surface area contributed by atoms with Gasteiger partial charge in [0.25, 0.3) is 5.69 Å². The normalized spacial score (nSPS) is 26.1. The molecule has 1 heterocycles. The average Bonchev–Trinajstić information content (AvgIpc) is 2.46. The molecule has 3 rings (SSSR count). The molecule has 1 saturated carbocycles. The van der Waals surface area contributed by atoms with E-state index in [9.17, 15) is 10.1 Å². The van der Waals surface area contributed by atoms with E-state index in [1.54, 1.807) is 6.07 Å². The fraction of sp³-hybridized carbons (Fsp3) is 0.600. The predicted octanol–water partition coefficient (Wildman–Crippen LogP) is 4.52. The summed E-state index contributed by atoms with van der Waals surface area (Å²) < 4.78 is 0.769. The Morgan fingerprint density at radius 2 is 1.95 bits per heavy atom. The van der Waals surface area contributed by atoms with Crippen molar-refractivity contribution in [3.8, 4) is 0 Å². The molecule has 0 radical (unpaired) electrons. The van der Waals surface area contributed by atoms with Crippen molar-refractivity contribution >= 4 is 27.3 Å². The summed E-state index contributed by atoms with van der Waals surface area (Å²) in [6.45, 7) is 0.948. The van der Waals surface area contributed by atoms with Gasteiger partial charge in [-0.15, -0.1) is 0 Å². The van der Waals surface area contributed by atoms with Crippen LogP contribution in [0.5, 0.6) is 0 Å². The van der Waals surface area contributed by atoms with Crippen LogP contribution >= 0.6 is 15.9 Å². The van der Waals surface area contributed by atoms with Gasteiger partial charge in [0.1, 0.15) is 5.69 Å². The fourth-order valence-electron chi connectivity index (χ4n) is 3.81. The topological polar surface area (TPSA) is 46.4 Å². The molecule has 0 aromatic heterocycles. The number of halogens is 1. The zero-order valence-corrected chi connectivity index (χ0v) is 13.0. The lowest BCUT2D eigenvalue weighted by Crippen LogP contribution is -2.47. The highest BCUT2D eigenvalue weighted by atomic mass is 79.9. The van der Waals surface area contributed by atoms with E-state index in [1.807, 2.05) is 12.1 Å². The molecule has 1 aromatic rings. The third-order valence-electron chi connectivity index (χ3n) is 4.69. The maximum atomic E-state index is 11.3. The van der Waals surface area contributed by atoms with Crippen LogP contribution in [0.25, 0.3) is 0 Å². The molecular formula is C15H19BrN2O2. The molecule has 1 aromatic carbocycles. The first kappa shape index (κ1) is 13.9. The summed E-state index contributed by atoms with van der Waals surface area (Å²) in [6.07, 6.45) is 7.46. The van der Waals surface area contributed by atoms with E-state index in [0.29, 0.717) is 6.04 Å². The molecule has 0 amide bonds. The van der Waals surface area contributed by atoms with Crippen LogP contribution in [0.2, 0.25) is 0 Å². The molecule has 0 N–H and O–H groups in total. The summed E-state index contributed by atoms with van der Waals surface area (Å²) >= 11 is 3.33. The van der Waals surface area contributed by atoms with Gasteiger partial charge in [0.15, 0.2) is 0 Å². The van der Waals surface area contributed by atoms with Crippen molar-refractivity contribution in [2.75, 3.05) is 11.4 Å². The molecule has 0 spiro atoms. The summed E-state index contributed by atoms with van der Waals surface area (Å²) in [5, 5.41) is 11.3. The maximum Gasteiger partial charge on any atom is 0.293 e. The lowest BCUT2D eigenvalue weighted by Gasteiger charge is -2.45. The van der Waals surface area contributed by atoms with Crippen LogP contribution in [-0.2, 0) is 0 Å². The Kier molecular flexibility index (Phi) is 3.96. The van der Waals surface area contributed by atoms with Crippen LogP contribution in [0.15, 0.2) is 22.7 Å². The zero-order chi connectivity index (χ0) is 14.1. The SMILES string of the molecule is O=[N+]([O-])c1cc(Br)ccc1N1CCC[C@H]2CCCC[C@H]21. The molecule has 4 nitrogen and oxygen atoms in total. The highest BCUT2D eigenvalue weighted by molar-refractivity contribution is 9.10. The second-order valence-corrected chi connectivity index (χ2v) is 6.75. The monoisotopic (exact) mass is 338 g/mol. The Morgan fingerprint density at radius 1 is 1.20 bits per heavy atom. The fourth-order valence-corrected chi connectivity index (χ4v) is 4.16. The van der Waals surface area contributed by atoms with Gasteiger partial charge in [0.05, 0.1) is 4.92 Å². The van der Waals surface area contributed by atoms with Gasteiger partial charge >= 0.3 is 0 Å². The Bertz CT molecular complexity index is 519. The second-order valence-electron chi connectivity index (χ2n) is 5.84. The van der Waals surface area contributed by atoms with E-state index in [1.165, 1.54) is 32.1 Å². The number of piperidine rings is 1. The number of nitro benzene ring substituents is 1. The summed E-state index contributed by atoms with van der Waals surface area (Å²) in [6, 6.07) is 5.94. The Labute approximate surface area is 127 Å². The van der Waals surface area contributed by atoms with Crippen LogP contribution in [-0.4, -0.2) is 17.5 Å². The molecule has 0 bridgehead atoms. The molecule has 1 saturated heterocycles. The van der Waals surface area contributed by atoms with Crippen molar-refractivity contribution in [3.05, 3.63) is 32.8 Å². The van der Waals surface area contributed by atoms with Crippen LogP contribution < -0.4 is 4.90 Å². The molecule has 20 heavy (non-hydrogen) atoms.